The summed E-state index contributed by atoms with van der Waals surface area (Å²) in [6.07, 6.45) is 12.1. The van der Waals surface area contributed by atoms with Gasteiger partial charge in [0.1, 0.15) is 0 Å². The largest absolute Gasteiger partial charge is 0.265 e. The van der Waals surface area contributed by atoms with Crippen molar-refractivity contribution in [3.63, 3.8) is 0 Å². The molecule has 0 aliphatic rings. The molecule has 2 nitrogen and oxygen atoms in total. The molecule has 2 heterocycles. The number of pyridine rings is 2. The Bertz CT molecular complexity index is 365. The van der Waals surface area contributed by atoms with E-state index in [0.717, 1.165) is 11.1 Å². The van der Waals surface area contributed by atoms with E-state index in [1.165, 1.54) is 0 Å². The molecule has 0 amide bonds. The molecule has 14 heavy (non-hydrogen) atoms. The monoisotopic (exact) mass is 181 g/mol. The predicted molar refractivity (Wildman–Crippen MR) is 55.3 cm³/mol. The van der Waals surface area contributed by atoms with Gasteiger partial charge in [-0.2, -0.15) is 0 Å². The number of nitrogens with zero attached hydrogens (tertiary/aromatic N) is 2. The normalized spacial score (nSPS) is 10.6. The first-order chi connectivity index (χ1) is 6.95. The predicted octanol–water partition coefficient (Wildman–Crippen LogP) is 2.34. The van der Waals surface area contributed by atoms with E-state index in [2.05, 4.69) is 16.0 Å². The zero-order chi connectivity index (χ0) is 9.64. The van der Waals surface area contributed by atoms with E-state index >= 15 is 0 Å². The van der Waals surface area contributed by atoms with Crippen LogP contribution in [0.15, 0.2) is 49.1 Å². The molecule has 1 radical (unpaired) electrons. The van der Waals surface area contributed by atoms with Crippen molar-refractivity contribution in [2.45, 2.75) is 0 Å². The third kappa shape index (κ3) is 2.26. The van der Waals surface area contributed by atoms with E-state index in [-0.39, 0.29) is 0 Å². The summed E-state index contributed by atoms with van der Waals surface area (Å²) in [7, 11) is 0. The molecule has 0 unspecified atom stereocenters. The lowest BCUT2D eigenvalue weighted by Crippen LogP contribution is -1.76. The highest BCUT2D eigenvalue weighted by Gasteiger charge is 1.86. The van der Waals surface area contributed by atoms with Gasteiger partial charge in [-0.25, -0.2) is 0 Å². The molecule has 2 aromatic rings. The Labute approximate surface area is 83.0 Å². The summed E-state index contributed by atoms with van der Waals surface area (Å²) in [5.74, 6) is 0. The standard InChI is InChI=1S/C12H9N2/c1(11-3-7-13-8-4-11)2-12-5-9-14-10-6-12/h1,3-10H. The van der Waals surface area contributed by atoms with Gasteiger partial charge in [-0.3, -0.25) is 9.97 Å². The maximum Gasteiger partial charge on any atom is 0.0273 e. The maximum absolute atomic E-state index is 3.94. The Morgan fingerprint density at radius 1 is 0.857 bits per heavy atom. The van der Waals surface area contributed by atoms with Gasteiger partial charge in [-0.15, -0.1) is 0 Å². The molecule has 2 rings (SSSR count). The van der Waals surface area contributed by atoms with Gasteiger partial charge in [-0.1, -0.05) is 0 Å². The summed E-state index contributed by atoms with van der Waals surface area (Å²) < 4.78 is 0. The molecule has 0 saturated heterocycles. The summed E-state index contributed by atoms with van der Waals surface area (Å²) in [6, 6.07) is 7.71. The summed E-state index contributed by atoms with van der Waals surface area (Å²) in [6.45, 7) is 0. The molecule has 2 aromatic heterocycles. The van der Waals surface area contributed by atoms with Crippen LogP contribution in [0.4, 0.5) is 0 Å². The van der Waals surface area contributed by atoms with Crippen LogP contribution in [0.5, 0.6) is 0 Å². The molecule has 0 spiro atoms. The quantitative estimate of drug-likeness (QED) is 0.710. The van der Waals surface area contributed by atoms with Gasteiger partial charge in [0.05, 0.1) is 0 Å². The molecule has 0 fully saturated rings. The van der Waals surface area contributed by atoms with Gasteiger partial charge in [-0.05, 0) is 47.5 Å². The maximum atomic E-state index is 3.94. The Morgan fingerprint density at radius 2 is 1.43 bits per heavy atom. The van der Waals surface area contributed by atoms with Crippen molar-refractivity contribution in [3.8, 4) is 0 Å². The molecular weight excluding hydrogens is 172 g/mol. The third-order valence-corrected chi connectivity index (χ3v) is 1.79. The zero-order valence-electron chi connectivity index (χ0n) is 7.59. The molecule has 0 atom stereocenters. The van der Waals surface area contributed by atoms with Crippen LogP contribution in [-0.2, 0) is 0 Å². The fraction of sp³-hybridized carbons (Fsp3) is 0. The molecule has 0 saturated carbocycles. The number of hydrogen-bond acceptors (Lipinski definition) is 2. The van der Waals surface area contributed by atoms with E-state index in [1.807, 2.05) is 30.3 Å². The Balaban J connectivity index is 2.16. The lowest BCUT2D eigenvalue weighted by atomic mass is 10.2. The first-order valence-corrected chi connectivity index (χ1v) is 4.35. The van der Waals surface area contributed by atoms with E-state index in [4.69, 9.17) is 0 Å². The van der Waals surface area contributed by atoms with E-state index in [0.29, 0.717) is 0 Å². The number of hydrogen-bond donors (Lipinski definition) is 0. The Hall–Kier alpha value is -1.96. The van der Waals surface area contributed by atoms with Crippen LogP contribution in [0.2, 0.25) is 0 Å². The van der Waals surface area contributed by atoms with Crippen molar-refractivity contribution in [2.24, 2.45) is 0 Å². The SMILES string of the molecule is [C](=Cc1ccncc1)c1ccncc1. The Morgan fingerprint density at radius 3 is 2.07 bits per heavy atom. The molecule has 0 aromatic carbocycles. The lowest BCUT2D eigenvalue weighted by molar-refractivity contribution is 1.31. The minimum Gasteiger partial charge on any atom is -0.265 e. The van der Waals surface area contributed by atoms with Gasteiger partial charge in [0.15, 0.2) is 0 Å². The average molecular weight is 181 g/mol. The molecule has 0 aliphatic carbocycles. The highest BCUT2D eigenvalue weighted by Crippen LogP contribution is 2.02. The van der Waals surface area contributed by atoms with Gasteiger partial charge >= 0.3 is 0 Å². The van der Waals surface area contributed by atoms with Crippen molar-refractivity contribution in [2.75, 3.05) is 0 Å². The second-order valence-corrected chi connectivity index (χ2v) is 2.81. The van der Waals surface area contributed by atoms with Gasteiger partial charge in [0, 0.05) is 24.8 Å². The number of rotatable bonds is 2. The van der Waals surface area contributed by atoms with Crippen molar-refractivity contribution in [1.29, 1.82) is 0 Å². The molecule has 0 aliphatic heterocycles. The smallest absolute Gasteiger partial charge is 0.0273 e. The second kappa shape index (κ2) is 4.33. The summed E-state index contributed by atoms with van der Waals surface area (Å²) in [5, 5.41) is 0. The summed E-state index contributed by atoms with van der Waals surface area (Å²) in [4.78, 5) is 7.88. The van der Waals surface area contributed by atoms with Gasteiger partial charge < -0.3 is 0 Å². The van der Waals surface area contributed by atoms with E-state index in [1.54, 1.807) is 24.8 Å². The molecular formula is C12H9N2. The van der Waals surface area contributed by atoms with Crippen LogP contribution in [0.25, 0.3) is 6.08 Å². The van der Waals surface area contributed by atoms with Crippen molar-refractivity contribution >= 4 is 6.08 Å². The van der Waals surface area contributed by atoms with Crippen LogP contribution in [0, 0.1) is 6.08 Å². The fourth-order valence-corrected chi connectivity index (χ4v) is 1.07. The van der Waals surface area contributed by atoms with Crippen molar-refractivity contribution < 1.29 is 0 Å². The van der Waals surface area contributed by atoms with Crippen LogP contribution < -0.4 is 0 Å². The van der Waals surface area contributed by atoms with Crippen LogP contribution in [-0.4, -0.2) is 9.97 Å². The topological polar surface area (TPSA) is 25.8 Å². The second-order valence-electron chi connectivity index (χ2n) is 2.81. The zero-order valence-corrected chi connectivity index (χ0v) is 7.59. The Kier molecular flexibility index (Phi) is 2.67. The van der Waals surface area contributed by atoms with Gasteiger partial charge in [0.2, 0.25) is 0 Å². The highest BCUT2D eigenvalue weighted by atomic mass is 14.6. The molecule has 0 bridgehead atoms. The van der Waals surface area contributed by atoms with E-state index < -0.39 is 0 Å². The summed E-state index contributed by atoms with van der Waals surface area (Å²) in [5.41, 5.74) is 2.12. The minimum atomic E-state index is 1.02. The third-order valence-electron chi connectivity index (χ3n) is 1.79. The first kappa shape index (κ1) is 8.63. The fourth-order valence-electron chi connectivity index (χ4n) is 1.07. The minimum absolute atomic E-state index is 1.02. The van der Waals surface area contributed by atoms with Crippen LogP contribution in [0.1, 0.15) is 11.1 Å². The van der Waals surface area contributed by atoms with Crippen LogP contribution >= 0.6 is 0 Å². The van der Waals surface area contributed by atoms with Gasteiger partial charge in [0.25, 0.3) is 0 Å². The van der Waals surface area contributed by atoms with Crippen molar-refractivity contribution in [3.05, 3.63) is 66.3 Å². The van der Waals surface area contributed by atoms with Crippen molar-refractivity contribution in [1.82, 2.24) is 9.97 Å². The number of aromatic nitrogens is 2. The molecule has 2 heteroatoms. The van der Waals surface area contributed by atoms with Crippen LogP contribution in [0.3, 0.4) is 0 Å². The highest BCUT2D eigenvalue weighted by molar-refractivity contribution is 5.49. The van der Waals surface area contributed by atoms with E-state index in [9.17, 15) is 0 Å². The lowest BCUT2D eigenvalue weighted by Gasteiger charge is -1.91. The molecule has 0 N–H and O–H groups in total. The molecule has 67 valence electrons. The average Bonchev–Trinajstić information content (AvgIpc) is 2.29. The first-order valence-electron chi connectivity index (χ1n) is 4.35. The summed E-state index contributed by atoms with van der Waals surface area (Å²) >= 11 is 0.